The molecular weight excluding hydrogens is 462 g/mol. The third-order valence-corrected chi connectivity index (χ3v) is 8.34. The normalized spacial score (nSPS) is 15.9. The monoisotopic (exact) mass is 481 g/mol. The van der Waals surface area contributed by atoms with Gasteiger partial charge in [-0.15, -0.1) is 11.3 Å². The fraction of sp³-hybridized carbons (Fsp3) is 0.350. The molecule has 11 heteroatoms. The average Bonchev–Trinajstić information content (AvgIpc) is 3.13. The molecule has 0 spiro atoms. The third-order valence-electron chi connectivity index (χ3n) is 5.23. The second kappa shape index (κ2) is 8.70. The lowest BCUT2D eigenvalue weighted by Crippen LogP contribution is -2.40. The molecule has 1 aromatic carbocycles. The molecule has 4 rings (SSSR count). The lowest BCUT2D eigenvalue weighted by Gasteiger charge is -2.30. The van der Waals surface area contributed by atoms with Crippen LogP contribution in [-0.4, -0.2) is 41.2 Å². The predicted molar refractivity (Wildman–Crippen MR) is 117 cm³/mol. The topological polar surface area (TPSA) is 98.0 Å². The van der Waals surface area contributed by atoms with Gasteiger partial charge in [0.1, 0.15) is 6.61 Å². The van der Waals surface area contributed by atoms with E-state index in [1.807, 2.05) is 12.3 Å². The van der Waals surface area contributed by atoms with Gasteiger partial charge in [-0.3, -0.25) is 14.0 Å². The van der Waals surface area contributed by atoms with Gasteiger partial charge < -0.3 is 4.74 Å². The molecule has 0 unspecified atom stereocenters. The number of hydrogen-bond donors (Lipinski definition) is 0. The summed E-state index contributed by atoms with van der Waals surface area (Å²) in [4.78, 5) is 29.8. The van der Waals surface area contributed by atoms with Crippen LogP contribution in [0.15, 0.2) is 45.4 Å². The number of carbonyl (C=O) groups is 1. The number of carbonyl (C=O) groups excluding carboxylic acids is 1. The molecule has 31 heavy (non-hydrogen) atoms. The molecule has 2 aromatic heterocycles. The SMILES string of the molecule is Cc1csc2nc(COC(=O)C3CCN(S(=O)(=O)c4ccc(Cl)cc4)CC3)cc(=O)n12. The van der Waals surface area contributed by atoms with E-state index in [4.69, 9.17) is 16.3 Å². The Balaban J connectivity index is 1.35. The number of hydrogen-bond acceptors (Lipinski definition) is 7. The second-order valence-corrected chi connectivity index (χ2v) is 10.5. The van der Waals surface area contributed by atoms with Crippen LogP contribution in [0, 0.1) is 12.8 Å². The van der Waals surface area contributed by atoms with Crippen molar-refractivity contribution in [2.24, 2.45) is 5.92 Å². The molecule has 0 bridgehead atoms. The fourth-order valence-corrected chi connectivity index (χ4v) is 6.01. The number of halogens is 1. The Labute approximate surface area is 188 Å². The van der Waals surface area contributed by atoms with Crippen molar-refractivity contribution >= 4 is 43.9 Å². The lowest BCUT2D eigenvalue weighted by atomic mass is 9.98. The van der Waals surface area contributed by atoms with Gasteiger partial charge >= 0.3 is 5.97 Å². The van der Waals surface area contributed by atoms with Crippen LogP contribution in [0.1, 0.15) is 24.2 Å². The van der Waals surface area contributed by atoms with Crippen molar-refractivity contribution in [3.63, 3.8) is 0 Å². The highest BCUT2D eigenvalue weighted by atomic mass is 35.5. The zero-order valence-electron chi connectivity index (χ0n) is 16.7. The van der Waals surface area contributed by atoms with Gasteiger partial charge in [0, 0.05) is 35.3 Å². The summed E-state index contributed by atoms with van der Waals surface area (Å²) >= 11 is 7.18. The number of ether oxygens (including phenoxy) is 1. The second-order valence-electron chi connectivity index (χ2n) is 7.32. The van der Waals surface area contributed by atoms with E-state index in [2.05, 4.69) is 4.98 Å². The van der Waals surface area contributed by atoms with Gasteiger partial charge in [0.05, 0.1) is 16.5 Å². The highest BCUT2D eigenvalue weighted by Gasteiger charge is 2.32. The maximum absolute atomic E-state index is 12.8. The summed E-state index contributed by atoms with van der Waals surface area (Å²) in [5.74, 6) is -0.807. The van der Waals surface area contributed by atoms with Gasteiger partial charge in [0.25, 0.3) is 5.56 Å². The number of rotatable bonds is 5. The molecule has 0 atom stereocenters. The van der Waals surface area contributed by atoms with Crippen molar-refractivity contribution < 1.29 is 17.9 Å². The first-order valence-electron chi connectivity index (χ1n) is 9.65. The predicted octanol–water partition coefficient (Wildman–Crippen LogP) is 2.86. The van der Waals surface area contributed by atoms with E-state index in [1.54, 1.807) is 0 Å². The molecular formula is C20H20ClN3O5S2. The van der Waals surface area contributed by atoms with Crippen LogP contribution in [0.4, 0.5) is 0 Å². The molecule has 3 heterocycles. The third kappa shape index (κ3) is 4.52. The highest BCUT2D eigenvalue weighted by Crippen LogP contribution is 2.25. The minimum absolute atomic E-state index is 0.0925. The molecule has 164 valence electrons. The zero-order valence-corrected chi connectivity index (χ0v) is 19.0. The molecule has 0 amide bonds. The van der Waals surface area contributed by atoms with Gasteiger partial charge in [0.2, 0.25) is 10.0 Å². The van der Waals surface area contributed by atoms with Gasteiger partial charge in [-0.25, -0.2) is 13.4 Å². The summed E-state index contributed by atoms with van der Waals surface area (Å²) in [7, 11) is -3.63. The zero-order chi connectivity index (χ0) is 22.2. The van der Waals surface area contributed by atoms with E-state index < -0.39 is 21.9 Å². The van der Waals surface area contributed by atoms with Crippen molar-refractivity contribution in [1.82, 2.24) is 13.7 Å². The van der Waals surface area contributed by atoms with E-state index in [0.29, 0.717) is 28.5 Å². The van der Waals surface area contributed by atoms with Crippen LogP contribution in [0.2, 0.25) is 5.02 Å². The van der Waals surface area contributed by atoms with Crippen molar-refractivity contribution in [1.29, 1.82) is 0 Å². The Morgan fingerprint density at radius 2 is 1.94 bits per heavy atom. The first-order valence-corrected chi connectivity index (χ1v) is 12.3. The van der Waals surface area contributed by atoms with Crippen LogP contribution in [-0.2, 0) is 26.2 Å². The number of aromatic nitrogens is 2. The van der Waals surface area contributed by atoms with Gasteiger partial charge in [-0.05, 0) is 44.0 Å². The standard InChI is InChI=1S/C20H20ClN3O5S2/c1-13-12-30-20-22-16(10-18(25)24(13)20)11-29-19(26)14-6-8-23(9-7-14)31(27,28)17-4-2-15(21)3-5-17/h2-5,10,12,14H,6-9,11H2,1H3. The summed E-state index contributed by atoms with van der Waals surface area (Å²) in [6.45, 7) is 2.19. The number of benzene rings is 1. The summed E-state index contributed by atoms with van der Waals surface area (Å²) in [5, 5.41) is 2.30. The van der Waals surface area contributed by atoms with Gasteiger partial charge in [-0.1, -0.05) is 11.6 Å². The molecule has 1 aliphatic rings. The van der Waals surface area contributed by atoms with Gasteiger partial charge in [0.15, 0.2) is 4.96 Å². The Bertz CT molecular complexity index is 1280. The Kier molecular flexibility index (Phi) is 6.16. The number of piperidine rings is 1. The first kappa shape index (κ1) is 21.9. The molecule has 3 aromatic rings. The van der Waals surface area contributed by atoms with E-state index >= 15 is 0 Å². The minimum Gasteiger partial charge on any atom is -0.459 e. The first-order chi connectivity index (χ1) is 14.8. The molecule has 1 fully saturated rings. The molecule has 0 aliphatic carbocycles. The number of thiazole rings is 1. The quantitative estimate of drug-likeness (QED) is 0.520. The van der Waals surface area contributed by atoms with Crippen molar-refractivity contribution in [3.8, 4) is 0 Å². The Hall–Kier alpha value is -2.27. The van der Waals surface area contributed by atoms with E-state index in [-0.39, 0.29) is 30.2 Å². The maximum Gasteiger partial charge on any atom is 0.309 e. The number of sulfonamides is 1. The van der Waals surface area contributed by atoms with Crippen LogP contribution >= 0.6 is 22.9 Å². The fourth-order valence-electron chi connectivity index (χ4n) is 3.53. The summed E-state index contributed by atoms with van der Waals surface area (Å²) in [6, 6.07) is 7.38. The van der Waals surface area contributed by atoms with Gasteiger partial charge in [-0.2, -0.15) is 4.31 Å². The summed E-state index contributed by atoms with van der Waals surface area (Å²) < 4.78 is 33.8. The van der Waals surface area contributed by atoms with E-state index in [9.17, 15) is 18.0 Å². The largest absolute Gasteiger partial charge is 0.459 e. The van der Waals surface area contributed by atoms with Crippen LogP contribution in [0.5, 0.6) is 0 Å². The molecule has 1 aliphatic heterocycles. The number of aryl methyl sites for hydroxylation is 1. The number of nitrogens with zero attached hydrogens (tertiary/aromatic N) is 3. The molecule has 0 radical (unpaired) electrons. The molecule has 0 saturated carbocycles. The minimum atomic E-state index is -3.63. The van der Waals surface area contributed by atoms with Crippen molar-refractivity contribution in [3.05, 3.63) is 62.5 Å². The Morgan fingerprint density at radius 1 is 1.26 bits per heavy atom. The smallest absolute Gasteiger partial charge is 0.309 e. The van der Waals surface area contributed by atoms with Crippen molar-refractivity contribution in [2.45, 2.75) is 31.3 Å². The number of fused-ring (bicyclic) bond motifs is 1. The van der Waals surface area contributed by atoms with Crippen LogP contribution in [0.25, 0.3) is 4.96 Å². The molecule has 0 N–H and O–H groups in total. The van der Waals surface area contributed by atoms with Crippen LogP contribution < -0.4 is 5.56 Å². The van der Waals surface area contributed by atoms with Crippen LogP contribution in [0.3, 0.4) is 0 Å². The Morgan fingerprint density at radius 3 is 2.61 bits per heavy atom. The lowest BCUT2D eigenvalue weighted by molar-refractivity contribution is -0.151. The summed E-state index contributed by atoms with van der Waals surface area (Å²) in [5.41, 5.74) is 0.986. The molecule has 8 nitrogen and oxygen atoms in total. The number of esters is 1. The summed E-state index contributed by atoms with van der Waals surface area (Å²) in [6.07, 6.45) is 0.732. The average molecular weight is 482 g/mol. The highest BCUT2D eigenvalue weighted by molar-refractivity contribution is 7.89. The maximum atomic E-state index is 12.8. The molecule has 1 saturated heterocycles. The van der Waals surface area contributed by atoms with E-state index in [0.717, 1.165) is 5.69 Å². The van der Waals surface area contributed by atoms with Crippen molar-refractivity contribution in [2.75, 3.05) is 13.1 Å². The van der Waals surface area contributed by atoms with E-state index in [1.165, 1.54) is 50.4 Å².